The first kappa shape index (κ1) is 18.4. The lowest BCUT2D eigenvalue weighted by Crippen LogP contribution is -2.28. The molecule has 0 aliphatic heterocycles. The van der Waals surface area contributed by atoms with Gasteiger partial charge in [0, 0.05) is 12.2 Å². The number of anilines is 1. The predicted molar refractivity (Wildman–Crippen MR) is 114 cm³/mol. The van der Waals surface area contributed by atoms with Crippen LogP contribution >= 0.6 is 0 Å². The molecule has 0 spiro atoms. The Hall–Kier alpha value is -3.93. The average molecular weight is 384 g/mol. The summed E-state index contributed by atoms with van der Waals surface area (Å²) in [6.45, 7) is 2.25. The molecule has 0 aliphatic rings. The Labute approximate surface area is 167 Å². The van der Waals surface area contributed by atoms with Gasteiger partial charge in [0.15, 0.2) is 0 Å². The monoisotopic (exact) mass is 384 g/mol. The summed E-state index contributed by atoms with van der Waals surface area (Å²) >= 11 is 0. The third-order valence-corrected chi connectivity index (χ3v) is 4.62. The number of rotatable bonds is 4. The van der Waals surface area contributed by atoms with Crippen LogP contribution in [0, 0.1) is 6.92 Å². The number of fused-ring (bicyclic) bond motifs is 1. The zero-order valence-corrected chi connectivity index (χ0v) is 15.9. The highest BCUT2D eigenvalue weighted by Gasteiger charge is 2.10. The lowest BCUT2D eigenvalue weighted by atomic mass is 10.2. The fourth-order valence-corrected chi connectivity index (χ4v) is 3.20. The van der Waals surface area contributed by atoms with Crippen molar-refractivity contribution in [3.8, 4) is 5.69 Å². The Bertz CT molecular complexity index is 1220. The molecule has 144 valence electrons. The Morgan fingerprint density at radius 1 is 0.931 bits per heavy atom. The minimum absolute atomic E-state index is 0.116. The highest BCUT2D eigenvalue weighted by atomic mass is 16.2. The highest BCUT2D eigenvalue weighted by molar-refractivity contribution is 5.89. The average Bonchev–Trinajstić information content (AvgIpc) is 2.74. The molecule has 6 heteroatoms. The number of aryl methyl sites for hydroxylation is 1. The molecule has 0 saturated heterocycles. The van der Waals surface area contributed by atoms with Crippen molar-refractivity contribution < 1.29 is 4.79 Å². The number of benzene rings is 3. The van der Waals surface area contributed by atoms with E-state index in [9.17, 15) is 9.59 Å². The molecule has 0 fully saturated rings. The largest absolute Gasteiger partial charge is 0.334 e. The molecular weight excluding hydrogens is 364 g/mol. The predicted octanol–water partition coefficient (Wildman–Crippen LogP) is 4.02. The van der Waals surface area contributed by atoms with E-state index in [4.69, 9.17) is 0 Å². The normalized spacial score (nSPS) is 10.7. The van der Waals surface area contributed by atoms with Crippen molar-refractivity contribution in [1.29, 1.82) is 0 Å². The van der Waals surface area contributed by atoms with Crippen LogP contribution in [0.3, 0.4) is 0 Å². The van der Waals surface area contributed by atoms with Crippen molar-refractivity contribution in [1.82, 2.24) is 14.9 Å². The molecular formula is C23H20N4O2. The molecule has 2 N–H and O–H groups in total. The number of carbonyl (C=O) groups excluding carboxylic acids is 1. The second kappa shape index (κ2) is 7.98. The van der Waals surface area contributed by atoms with Gasteiger partial charge in [-0.05, 0) is 48.9 Å². The van der Waals surface area contributed by atoms with Gasteiger partial charge >= 0.3 is 6.03 Å². The van der Waals surface area contributed by atoms with Crippen LogP contribution in [0.1, 0.15) is 11.4 Å². The first-order valence-electron chi connectivity index (χ1n) is 9.29. The molecule has 4 rings (SSSR count). The molecule has 2 amide bonds. The van der Waals surface area contributed by atoms with Crippen molar-refractivity contribution in [2.45, 2.75) is 13.5 Å². The van der Waals surface area contributed by atoms with Gasteiger partial charge in [-0.1, -0.05) is 42.5 Å². The van der Waals surface area contributed by atoms with Crippen molar-refractivity contribution in [3.05, 3.63) is 101 Å². The third-order valence-electron chi connectivity index (χ3n) is 4.62. The molecule has 0 unspecified atom stereocenters. The van der Waals surface area contributed by atoms with Gasteiger partial charge in [-0.3, -0.25) is 9.36 Å². The van der Waals surface area contributed by atoms with Crippen molar-refractivity contribution in [3.63, 3.8) is 0 Å². The lowest BCUT2D eigenvalue weighted by molar-refractivity contribution is 0.251. The van der Waals surface area contributed by atoms with Crippen LogP contribution in [-0.4, -0.2) is 15.6 Å². The fourth-order valence-electron chi connectivity index (χ4n) is 3.20. The second-order valence-electron chi connectivity index (χ2n) is 6.66. The minimum Gasteiger partial charge on any atom is -0.334 e. The van der Waals surface area contributed by atoms with Crippen molar-refractivity contribution in [2.24, 2.45) is 0 Å². The summed E-state index contributed by atoms with van der Waals surface area (Å²) in [5, 5.41) is 6.18. The summed E-state index contributed by atoms with van der Waals surface area (Å²) in [4.78, 5) is 29.5. The summed E-state index contributed by atoms with van der Waals surface area (Å²) in [6, 6.07) is 23.8. The van der Waals surface area contributed by atoms with E-state index in [2.05, 4.69) is 15.6 Å². The van der Waals surface area contributed by atoms with E-state index in [1.54, 1.807) is 41.8 Å². The van der Waals surface area contributed by atoms with Crippen LogP contribution in [0.2, 0.25) is 0 Å². The number of amides is 2. The number of hydrogen-bond donors (Lipinski definition) is 2. The van der Waals surface area contributed by atoms with Gasteiger partial charge in [0.1, 0.15) is 5.82 Å². The number of nitrogens with one attached hydrogen (secondary N) is 2. The number of hydrogen-bond acceptors (Lipinski definition) is 3. The van der Waals surface area contributed by atoms with E-state index in [-0.39, 0.29) is 11.6 Å². The topological polar surface area (TPSA) is 76.0 Å². The maximum atomic E-state index is 12.9. The van der Waals surface area contributed by atoms with Crippen LogP contribution in [0.4, 0.5) is 10.5 Å². The number of para-hydroxylation sites is 1. The zero-order chi connectivity index (χ0) is 20.2. The van der Waals surface area contributed by atoms with E-state index < -0.39 is 0 Å². The number of carbonyl (C=O) groups is 1. The summed E-state index contributed by atoms with van der Waals surface area (Å²) in [5.74, 6) is 0.606. The third kappa shape index (κ3) is 4.01. The van der Waals surface area contributed by atoms with E-state index >= 15 is 0 Å². The quantitative estimate of drug-likeness (QED) is 0.558. The van der Waals surface area contributed by atoms with Gasteiger partial charge in [0.2, 0.25) is 0 Å². The summed E-state index contributed by atoms with van der Waals surface area (Å²) < 4.78 is 1.57. The number of urea groups is 1. The van der Waals surface area contributed by atoms with Crippen molar-refractivity contribution >= 4 is 22.6 Å². The van der Waals surface area contributed by atoms with Gasteiger partial charge in [-0.15, -0.1) is 0 Å². The Kier molecular flexibility index (Phi) is 5.07. The summed E-state index contributed by atoms with van der Waals surface area (Å²) in [7, 11) is 0. The highest BCUT2D eigenvalue weighted by Crippen LogP contribution is 2.15. The summed E-state index contributed by atoms with van der Waals surface area (Å²) in [5.41, 5.74) is 2.92. The first-order chi connectivity index (χ1) is 14.1. The maximum Gasteiger partial charge on any atom is 0.319 e. The van der Waals surface area contributed by atoms with E-state index in [0.29, 0.717) is 34.6 Å². The number of aromatic nitrogens is 2. The molecule has 0 aliphatic carbocycles. The number of nitrogens with zero attached hydrogens (tertiary/aromatic N) is 2. The molecule has 29 heavy (non-hydrogen) atoms. The second-order valence-corrected chi connectivity index (χ2v) is 6.66. The minimum atomic E-state index is -0.290. The molecule has 1 aromatic heterocycles. The molecule has 4 aromatic rings. The van der Waals surface area contributed by atoms with E-state index in [1.807, 2.05) is 48.5 Å². The molecule has 6 nitrogen and oxygen atoms in total. The molecule has 1 heterocycles. The van der Waals surface area contributed by atoms with Gasteiger partial charge in [0.05, 0.1) is 16.6 Å². The fraction of sp³-hybridized carbons (Fsp3) is 0.0870. The van der Waals surface area contributed by atoms with E-state index in [1.165, 1.54) is 0 Å². The SMILES string of the molecule is Cc1nc2ccccc2c(=O)n1-c1ccc(NC(=O)NCc2ccccc2)cc1. The van der Waals surface area contributed by atoms with E-state index in [0.717, 1.165) is 5.56 Å². The Balaban J connectivity index is 1.50. The zero-order valence-electron chi connectivity index (χ0n) is 15.9. The van der Waals surface area contributed by atoms with Gasteiger partial charge in [-0.25, -0.2) is 9.78 Å². The molecule has 0 radical (unpaired) electrons. The Morgan fingerprint density at radius 2 is 1.62 bits per heavy atom. The Morgan fingerprint density at radius 3 is 2.38 bits per heavy atom. The smallest absolute Gasteiger partial charge is 0.319 e. The van der Waals surface area contributed by atoms with Gasteiger partial charge < -0.3 is 10.6 Å². The molecule has 3 aromatic carbocycles. The van der Waals surface area contributed by atoms with Crippen LogP contribution in [0.15, 0.2) is 83.7 Å². The summed E-state index contributed by atoms with van der Waals surface area (Å²) in [6.07, 6.45) is 0. The molecule has 0 saturated carbocycles. The van der Waals surface area contributed by atoms with Crippen LogP contribution < -0.4 is 16.2 Å². The molecule has 0 atom stereocenters. The molecule has 0 bridgehead atoms. The standard InChI is InChI=1S/C23H20N4O2/c1-16-25-21-10-6-5-9-20(21)22(28)27(16)19-13-11-18(12-14-19)26-23(29)24-15-17-7-3-2-4-8-17/h2-14H,15H2,1H3,(H2,24,26,29). The van der Waals surface area contributed by atoms with Crippen LogP contribution in [0.25, 0.3) is 16.6 Å². The first-order valence-corrected chi connectivity index (χ1v) is 9.29. The van der Waals surface area contributed by atoms with Crippen LogP contribution in [-0.2, 0) is 6.54 Å². The van der Waals surface area contributed by atoms with Gasteiger partial charge in [0.25, 0.3) is 5.56 Å². The van der Waals surface area contributed by atoms with Gasteiger partial charge in [-0.2, -0.15) is 0 Å². The maximum absolute atomic E-state index is 12.9. The lowest BCUT2D eigenvalue weighted by Gasteiger charge is -2.12. The van der Waals surface area contributed by atoms with Crippen molar-refractivity contribution in [2.75, 3.05) is 5.32 Å². The van der Waals surface area contributed by atoms with Crippen LogP contribution in [0.5, 0.6) is 0 Å².